The maximum atomic E-state index is 12.4. The number of rotatable bonds is 3. The van der Waals surface area contributed by atoms with E-state index in [0.717, 1.165) is 0 Å². The van der Waals surface area contributed by atoms with Gasteiger partial charge in [0, 0.05) is 12.6 Å². The van der Waals surface area contributed by atoms with E-state index >= 15 is 0 Å². The second-order valence-electron chi connectivity index (χ2n) is 3.38. The van der Waals surface area contributed by atoms with Crippen molar-refractivity contribution in [3.8, 4) is 0 Å². The lowest BCUT2D eigenvalue weighted by Crippen LogP contribution is -2.04. The zero-order valence-electron chi connectivity index (χ0n) is 8.81. The minimum Gasteiger partial charge on any atom is -0.424 e. The van der Waals surface area contributed by atoms with E-state index in [1.165, 1.54) is 10.7 Å². The molecule has 7 heteroatoms. The lowest BCUT2D eigenvalue weighted by atomic mass is 10.4. The number of halogens is 2. The molecule has 86 valence electrons. The molecule has 2 heterocycles. The largest absolute Gasteiger partial charge is 0.424 e. The van der Waals surface area contributed by atoms with Crippen molar-refractivity contribution in [2.45, 2.75) is 26.8 Å². The lowest BCUT2D eigenvalue weighted by Gasteiger charge is -1.98. The molecule has 0 aliphatic heterocycles. The fourth-order valence-corrected chi connectivity index (χ4v) is 1.33. The molecular weight excluding hydrogens is 218 g/mol. The molecule has 0 atom stereocenters. The standard InChI is InChI=1S/C9H10F2N4O/c1-5-3-7(9(10)11)14-15(5)4-8-13-12-6(2)16-8/h3,9H,4H2,1-2H3. The molecule has 0 unspecified atom stereocenters. The van der Waals surface area contributed by atoms with Gasteiger partial charge < -0.3 is 4.42 Å². The Morgan fingerprint density at radius 2 is 2.12 bits per heavy atom. The fourth-order valence-electron chi connectivity index (χ4n) is 1.33. The third-order valence-electron chi connectivity index (χ3n) is 2.08. The van der Waals surface area contributed by atoms with Crippen molar-refractivity contribution in [1.29, 1.82) is 0 Å². The van der Waals surface area contributed by atoms with Crippen LogP contribution < -0.4 is 0 Å². The van der Waals surface area contributed by atoms with Crippen LogP contribution in [-0.2, 0) is 6.54 Å². The molecule has 0 fully saturated rings. The number of aryl methyl sites for hydroxylation is 2. The van der Waals surface area contributed by atoms with Crippen molar-refractivity contribution < 1.29 is 13.2 Å². The van der Waals surface area contributed by atoms with Crippen LogP contribution in [0.4, 0.5) is 8.78 Å². The summed E-state index contributed by atoms with van der Waals surface area (Å²) in [6.07, 6.45) is -2.57. The molecule has 0 aromatic carbocycles. The van der Waals surface area contributed by atoms with Crippen LogP contribution in [0.25, 0.3) is 0 Å². The van der Waals surface area contributed by atoms with Crippen LogP contribution in [0.3, 0.4) is 0 Å². The van der Waals surface area contributed by atoms with Gasteiger partial charge in [-0.05, 0) is 13.0 Å². The maximum absolute atomic E-state index is 12.4. The highest BCUT2D eigenvalue weighted by Crippen LogP contribution is 2.18. The van der Waals surface area contributed by atoms with E-state index in [1.807, 2.05) is 0 Å². The molecular formula is C9H10F2N4O. The average Bonchev–Trinajstić information content (AvgIpc) is 2.75. The van der Waals surface area contributed by atoms with Crippen molar-refractivity contribution in [2.24, 2.45) is 0 Å². The summed E-state index contributed by atoms with van der Waals surface area (Å²) in [5.41, 5.74) is 0.389. The average molecular weight is 228 g/mol. The van der Waals surface area contributed by atoms with Crippen molar-refractivity contribution >= 4 is 0 Å². The molecule has 0 saturated heterocycles. The normalized spacial score (nSPS) is 11.3. The number of nitrogens with zero attached hydrogens (tertiary/aromatic N) is 4. The van der Waals surface area contributed by atoms with Gasteiger partial charge >= 0.3 is 0 Å². The first kappa shape index (κ1) is 10.7. The van der Waals surface area contributed by atoms with E-state index < -0.39 is 6.43 Å². The molecule has 0 aliphatic carbocycles. The Bertz CT molecular complexity index is 491. The molecule has 2 aromatic rings. The Balaban J connectivity index is 2.21. The predicted octanol–water partition coefficient (Wildman–Crippen LogP) is 1.87. The van der Waals surface area contributed by atoms with E-state index in [1.54, 1.807) is 13.8 Å². The molecule has 2 aromatic heterocycles. The van der Waals surface area contributed by atoms with E-state index in [9.17, 15) is 8.78 Å². The Morgan fingerprint density at radius 1 is 1.38 bits per heavy atom. The first-order valence-electron chi connectivity index (χ1n) is 4.67. The quantitative estimate of drug-likeness (QED) is 0.804. The molecule has 0 radical (unpaired) electrons. The molecule has 16 heavy (non-hydrogen) atoms. The van der Waals surface area contributed by atoms with Gasteiger partial charge in [-0.25, -0.2) is 8.78 Å². The second-order valence-corrected chi connectivity index (χ2v) is 3.38. The van der Waals surface area contributed by atoms with Gasteiger partial charge in [-0.2, -0.15) is 5.10 Å². The summed E-state index contributed by atoms with van der Waals surface area (Å²) in [6, 6.07) is 1.34. The van der Waals surface area contributed by atoms with Gasteiger partial charge in [0.1, 0.15) is 12.2 Å². The van der Waals surface area contributed by atoms with Crippen LogP contribution in [0, 0.1) is 13.8 Å². The summed E-state index contributed by atoms with van der Waals surface area (Å²) in [5.74, 6) is 0.790. The first-order chi connectivity index (χ1) is 7.56. The number of alkyl halides is 2. The molecule has 0 spiro atoms. The summed E-state index contributed by atoms with van der Waals surface area (Å²) in [5, 5.41) is 11.2. The Labute approximate surface area is 90.1 Å². The van der Waals surface area contributed by atoms with Crippen LogP contribution >= 0.6 is 0 Å². The second kappa shape index (κ2) is 3.99. The van der Waals surface area contributed by atoms with Crippen molar-refractivity contribution in [1.82, 2.24) is 20.0 Å². The van der Waals surface area contributed by atoms with Crippen molar-refractivity contribution in [3.63, 3.8) is 0 Å². The summed E-state index contributed by atoms with van der Waals surface area (Å²) in [4.78, 5) is 0. The number of hydrogen-bond acceptors (Lipinski definition) is 4. The van der Waals surface area contributed by atoms with Crippen LogP contribution in [-0.4, -0.2) is 20.0 Å². The molecule has 2 rings (SSSR count). The number of aromatic nitrogens is 4. The van der Waals surface area contributed by atoms with Gasteiger partial charge in [-0.3, -0.25) is 4.68 Å². The van der Waals surface area contributed by atoms with Gasteiger partial charge in [0.15, 0.2) is 0 Å². The van der Waals surface area contributed by atoms with E-state index in [-0.39, 0.29) is 12.2 Å². The third kappa shape index (κ3) is 2.07. The van der Waals surface area contributed by atoms with Gasteiger partial charge in [0.25, 0.3) is 6.43 Å². The van der Waals surface area contributed by atoms with Gasteiger partial charge in [-0.1, -0.05) is 0 Å². The summed E-state index contributed by atoms with van der Waals surface area (Å²) in [6.45, 7) is 3.57. The Kier molecular flexibility index (Phi) is 2.67. The molecule has 0 N–H and O–H groups in total. The van der Waals surface area contributed by atoms with Crippen LogP contribution in [0.15, 0.2) is 10.5 Å². The minimum atomic E-state index is -2.57. The van der Waals surface area contributed by atoms with Crippen LogP contribution in [0.1, 0.15) is 29.6 Å². The summed E-state index contributed by atoms with van der Waals surface area (Å²) < 4.78 is 31.3. The smallest absolute Gasteiger partial charge is 0.282 e. The van der Waals surface area contributed by atoms with Crippen molar-refractivity contribution in [3.05, 3.63) is 29.2 Å². The molecule has 0 bridgehead atoms. The van der Waals surface area contributed by atoms with E-state index in [4.69, 9.17) is 4.42 Å². The van der Waals surface area contributed by atoms with Gasteiger partial charge in [0.05, 0.1) is 0 Å². The minimum absolute atomic E-state index is 0.208. The topological polar surface area (TPSA) is 56.7 Å². The zero-order chi connectivity index (χ0) is 11.7. The third-order valence-corrected chi connectivity index (χ3v) is 2.08. The van der Waals surface area contributed by atoms with Gasteiger partial charge in [0.2, 0.25) is 11.8 Å². The Hall–Kier alpha value is -1.79. The van der Waals surface area contributed by atoms with Crippen molar-refractivity contribution in [2.75, 3.05) is 0 Å². The van der Waals surface area contributed by atoms with E-state index in [2.05, 4.69) is 15.3 Å². The molecule has 0 amide bonds. The Morgan fingerprint density at radius 3 is 2.62 bits per heavy atom. The molecule has 5 nitrogen and oxygen atoms in total. The maximum Gasteiger partial charge on any atom is 0.282 e. The van der Waals surface area contributed by atoms with Gasteiger partial charge in [-0.15, -0.1) is 10.2 Å². The molecule has 0 aliphatic rings. The SMILES string of the molecule is Cc1nnc(Cn2nc(C(F)F)cc2C)o1. The highest BCUT2D eigenvalue weighted by molar-refractivity contribution is 5.10. The van der Waals surface area contributed by atoms with Crippen LogP contribution in [0.5, 0.6) is 0 Å². The summed E-state index contributed by atoms with van der Waals surface area (Å²) in [7, 11) is 0. The fraction of sp³-hybridized carbons (Fsp3) is 0.444. The number of hydrogen-bond donors (Lipinski definition) is 0. The highest BCUT2D eigenvalue weighted by Gasteiger charge is 2.14. The first-order valence-corrected chi connectivity index (χ1v) is 4.67. The zero-order valence-corrected chi connectivity index (χ0v) is 8.81. The highest BCUT2D eigenvalue weighted by atomic mass is 19.3. The predicted molar refractivity (Wildman–Crippen MR) is 50.1 cm³/mol. The summed E-state index contributed by atoms with van der Waals surface area (Å²) >= 11 is 0. The van der Waals surface area contributed by atoms with E-state index in [0.29, 0.717) is 17.5 Å². The monoisotopic (exact) mass is 228 g/mol. The molecule has 0 saturated carbocycles. The van der Waals surface area contributed by atoms with Crippen LogP contribution in [0.2, 0.25) is 0 Å². The lowest BCUT2D eigenvalue weighted by molar-refractivity contribution is 0.145.